The molecule has 4 rings (SSSR count). The molecule has 2 aromatic carbocycles. The van der Waals surface area contributed by atoms with E-state index < -0.39 is 0 Å². The average Bonchev–Trinajstić information content (AvgIpc) is 3.13. The first kappa shape index (κ1) is 22.4. The summed E-state index contributed by atoms with van der Waals surface area (Å²) < 4.78 is 5.93. The van der Waals surface area contributed by atoms with Gasteiger partial charge in [0.15, 0.2) is 5.58 Å². The fourth-order valence-electron chi connectivity index (χ4n) is 4.33. The Hall–Kier alpha value is -1.75. The third-order valence-electron chi connectivity index (χ3n) is 6.33. The van der Waals surface area contributed by atoms with Gasteiger partial charge in [-0.2, -0.15) is 4.98 Å². The molecule has 1 aromatic heterocycles. The predicted molar refractivity (Wildman–Crippen MR) is 130 cm³/mol. The van der Waals surface area contributed by atoms with E-state index in [1.807, 2.05) is 18.2 Å². The Kier molecular flexibility index (Phi) is 7.10. The SMILES string of the molecule is Cc1ccc2oc(N[C@H](CN3CCC(Cc4ccc(Cl)c(Cl)c4)CC3)C(C)C)nc2c1. The van der Waals surface area contributed by atoms with E-state index in [1.54, 1.807) is 0 Å². The fraction of sp³-hybridized carbons (Fsp3) is 0.480. The van der Waals surface area contributed by atoms with Gasteiger partial charge in [-0.1, -0.05) is 49.2 Å². The second kappa shape index (κ2) is 9.81. The molecule has 166 valence electrons. The molecule has 0 saturated carbocycles. The highest BCUT2D eigenvalue weighted by molar-refractivity contribution is 6.42. The third kappa shape index (κ3) is 5.74. The molecule has 0 aliphatic carbocycles. The van der Waals surface area contributed by atoms with Gasteiger partial charge in [0.05, 0.1) is 10.0 Å². The van der Waals surface area contributed by atoms with Gasteiger partial charge in [-0.05, 0) is 86.5 Å². The van der Waals surface area contributed by atoms with Crippen molar-refractivity contribution in [3.63, 3.8) is 0 Å². The largest absolute Gasteiger partial charge is 0.424 e. The second-order valence-electron chi connectivity index (χ2n) is 9.18. The van der Waals surface area contributed by atoms with Gasteiger partial charge >= 0.3 is 0 Å². The molecule has 4 nitrogen and oxygen atoms in total. The van der Waals surface area contributed by atoms with Crippen LogP contribution in [0.3, 0.4) is 0 Å². The number of fused-ring (bicyclic) bond motifs is 1. The van der Waals surface area contributed by atoms with E-state index in [0.29, 0.717) is 33.9 Å². The van der Waals surface area contributed by atoms with E-state index in [-0.39, 0.29) is 0 Å². The van der Waals surface area contributed by atoms with Crippen molar-refractivity contribution in [1.82, 2.24) is 9.88 Å². The summed E-state index contributed by atoms with van der Waals surface area (Å²) in [4.78, 5) is 7.21. The molecule has 3 aromatic rings. The predicted octanol–water partition coefficient (Wildman–Crippen LogP) is 6.83. The van der Waals surface area contributed by atoms with Crippen molar-refractivity contribution in [2.45, 2.75) is 46.1 Å². The molecule has 31 heavy (non-hydrogen) atoms. The van der Waals surface area contributed by atoms with Gasteiger partial charge in [-0.15, -0.1) is 0 Å². The molecule has 1 aliphatic rings. The zero-order valence-corrected chi connectivity index (χ0v) is 20.0. The maximum Gasteiger partial charge on any atom is 0.295 e. The second-order valence-corrected chi connectivity index (χ2v) is 10.00. The van der Waals surface area contributed by atoms with Gasteiger partial charge in [-0.25, -0.2) is 0 Å². The number of likely N-dealkylation sites (tertiary alicyclic amines) is 1. The molecule has 1 aliphatic heterocycles. The van der Waals surface area contributed by atoms with Crippen LogP contribution in [0.25, 0.3) is 11.1 Å². The molecule has 0 unspecified atom stereocenters. The topological polar surface area (TPSA) is 41.3 Å². The minimum Gasteiger partial charge on any atom is -0.424 e. The minimum absolute atomic E-state index is 0.292. The van der Waals surface area contributed by atoms with Crippen molar-refractivity contribution >= 4 is 40.3 Å². The summed E-state index contributed by atoms with van der Waals surface area (Å²) in [6, 6.07) is 13.0. The number of nitrogens with zero attached hydrogens (tertiary/aromatic N) is 2. The van der Waals surface area contributed by atoms with E-state index >= 15 is 0 Å². The monoisotopic (exact) mass is 459 g/mol. The number of oxazole rings is 1. The third-order valence-corrected chi connectivity index (χ3v) is 7.07. The first-order chi connectivity index (χ1) is 14.9. The Labute approximate surface area is 194 Å². The molecule has 0 spiro atoms. The Bertz CT molecular complexity index is 1020. The van der Waals surface area contributed by atoms with Crippen LogP contribution in [-0.2, 0) is 6.42 Å². The quantitative estimate of drug-likeness (QED) is 0.419. The van der Waals surface area contributed by atoms with E-state index in [9.17, 15) is 0 Å². The maximum atomic E-state index is 6.18. The van der Waals surface area contributed by atoms with Gasteiger partial charge < -0.3 is 14.6 Å². The smallest absolute Gasteiger partial charge is 0.295 e. The van der Waals surface area contributed by atoms with Crippen molar-refractivity contribution in [2.24, 2.45) is 11.8 Å². The first-order valence-corrected chi connectivity index (χ1v) is 11.9. The average molecular weight is 460 g/mol. The van der Waals surface area contributed by atoms with Crippen LogP contribution in [0.5, 0.6) is 0 Å². The molecule has 0 radical (unpaired) electrons. The molecule has 0 bridgehead atoms. The Balaban J connectivity index is 1.32. The number of anilines is 1. The highest BCUT2D eigenvalue weighted by Gasteiger charge is 2.24. The minimum atomic E-state index is 0.292. The molecule has 6 heteroatoms. The highest BCUT2D eigenvalue weighted by atomic mass is 35.5. The van der Waals surface area contributed by atoms with Crippen LogP contribution in [0.15, 0.2) is 40.8 Å². The number of aryl methyl sites for hydroxylation is 1. The Morgan fingerprint density at radius 3 is 2.58 bits per heavy atom. The van der Waals surface area contributed by atoms with Crippen molar-refractivity contribution < 1.29 is 4.42 Å². The molecule has 1 saturated heterocycles. The number of hydrogen-bond acceptors (Lipinski definition) is 4. The summed E-state index contributed by atoms with van der Waals surface area (Å²) in [7, 11) is 0. The number of hydrogen-bond donors (Lipinski definition) is 1. The van der Waals surface area contributed by atoms with Crippen molar-refractivity contribution in [3.8, 4) is 0 Å². The van der Waals surface area contributed by atoms with Crippen LogP contribution < -0.4 is 5.32 Å². The lowest BCUT2D eigenvalue weighted by Crippen LogP contribution is -2.43. The molecular formula is C25H31Cl2N3O. The van der Waals surface area contributed by atoms with Gasteiger partial charge in [-0.3, -0.25) is 0 Å². The number of rotatable bonds is 7. The molecule has 1 fully saturated rings. The number of piperidine rings is 1. The molecular weight excluding hydrogens is 429 g/mol. The van der Waals surface area contributed by atoms with Crippen LogP contribution in [0.2, 0.25) is 10.0 Å². The fourth-order valence-corrected chi connectivity index (χ4v) is 4.65. The van der Waals surface area contributed by atoms with E-state index in [1.165, 1.54) is 24.0 Å². The number of nitrogens with one attached hydrogen (secondary N) is 1. The lowest BCUT2D eigenvalue weighted by Gasteiger charge is -2.35. The van der Waals surface area contributed by atoms with E-state index in [2.05, 4.69) is 54.2 Å². The standard InChI is InChI=1S/C25H31Cl2N3O/c1-16(2)23(29-25-28-22-12-17(3)4-7-24(22)31-25)15-30-10-8-18(9-11-30)13-19-5-6-20(26)21(27)14-19/h4-7,12,14,16,18,23H,8-11,13,15H2,1-3H3,(H,28,29)/t23-/m1/s1. The van der Waals surface area contributed by atoms with E-state index in [4.69, 9.17) is 27.6 Å². The van der Waals surface area contributed by atoms with Crippen LogP contribution in [0.1, 0.15) is 37.8 Å². The summed E-state index contributed by atoms with van der Waals surface area (Å²) in [5.41, 5.74) is 4.21. The maximum absolute atomic E-state index is 6.18. The van der Waals surface area contributed by atoms with Crippen molar-refractivity contribution in [1.29, 1.82) is 0 Å². The lowest BCUT2D eigenvalue weighted by molar-refractivity contribution is 0.169. The molecule has 1 atom stereocenters. The summed E-state index contributed by atoms with van der Waals surface area (Å²) >= 11 is 12.2. The summed E-state index contributed by atoms with van der Waals surface area (Å²) in [5.74, 6) is 1.17. The van der Waals surface area contributed by atoms with Crippen LogP contribution >= 0.6 is 23.2 Å². The molecule has 2 heterocycles. The van der Waals surface area contributed by atoms with Crippen LogP contribution in [0, 0.1) is 18.8 Å². The summed E-state index contributed by atoms with van der Waals surface area (Å²) in [6.07, 6.45) is 3.47. The highest BCUT2D eigenvalue weighted by Crippen LogP contribution is 2.28. The summed E-state index contributed by atoms with van der Waals surface area (Å²) in [5, 5.41) is 4.83. The van der Waals surface area contributed by atoms with Crippen molar-refractivity contribution in [2.75, 3.05) is 25.0 Å². The number of aromatic nitrogens is 1. The number of halogens is 2. The normalized spacial score (nSPS) is 16.8. The van der Waals surface area contributed by atoms with Crippen LogP contribution in [0.4, 0.5) is 6.01 Å². The Morgan fingerprint density at radius 2 is 1.87 bits per heavy atom. The first-order valence-electron chi connectivity index (χ1n) is 11.2. The van der Waals surface area contributed by atoms with Crippen LogP contribution in [-0.4, -0.2) is 35.6 Å². The number of benzene rings is 2. The van der Waals surface area contributed by atoms with Gasteiger partial charge in [0.2, 0.25) is 0 Å². The Morgan fingerprint density at radius 1 is 1.10 bits per heavy atom. The lowest BCUT2D eigenvalue weighted by atomic mass is 9.89. The van der Waals surface area contributed by atoms with Gasteiger partial charge in [0, 0.05) is 12.6 Å². The molecule has 0 amide bonds. The van der Waals surface area contributed by atoms with Gasteiger partial charge in [0.1, 0.15) is 5.52 Å². The van der Waals surface area contributed by atoms with E-state index in [0.717, 1.165) is 37.2 Å². The van der Waals surface area contributed by atoms with Crippen molar-refractivity contribution in [3.05, 3.63) is 57.6 Å². The zero-order chi connectivity index (χ0) is 22.0. The zero-order valence-electron chi connectivity index (χ0n) is 18.5. The molecule has 1 N–H and O–H groups in total. The summed E-state index contributed by atoms with van der Waals surface area (Å²) in [6.45, 7) is 9.80. The van der Waals surface area contributed by atoms with Gasteiger partial charge in [0.25, 0.3) is 6.01 Å².